The molecule has 2 unspecified atom stereocenters. The molecular formula is C35H38N2O3. The summed E-state index contributed by atoms with van der Waals surface area (Å²) in [4.78, 5) is 20.3. The third-order valence-corrected chi connectivity index (χ3v) is 11.0. The summed E-state index contributed by atoms with van der Waals surface area (Å²) in [5, 5.41) is 0. The largest absolute Gasteiger partial charge is 0.486 e. The van der Waals surface area contributed by atoms with E-state index in [1.807, 2.05) is 65.6 Å². The molecule has 1 spiro atoms. The highest BCUT2D eigenvalue weighted by Crippen LogP contribution is 2.70. The summed E-state index contributed by atoms with van der Waals surface area (Å²) in [6, 6.07) is 20.1. The van der Waals surface area contributed by atoms with Crippen LogP contribution in [0.5, 0.6) is 5.75 Å². The van der Waals surface area contributed by atoms with Crippen LogP contribution in [0.25, 0.3) is 0 Å². The summed E-state index contributed by atoms with van der Waals surface area (Å²) in [5.74, 6) is 2.75. The molecule has 0 aromatic heterocycles. The van der Waals surface area contributed by atoms with E-state index in [1.165, 1.54) is 42.5 Å². The number of allylic oxidation sites excluding steroid dienone is 2. The number of fused-ring (bicyclic) bond motifs is 3. The molecule has 5 fully saturated rings. The number of hydrogen-bond donors (Lipinski definition) is 0. The molecule has 1 amide bonds. The van der Waals surface area contributed by atoms with Gasteiger partial charge in [-0.25, -0.2) is 4.79 Å². The van der Waals surface area contributed by atoms with Gasteiger partial charge in [-0.2, -0.15) is 0 Å². The van der Waals surface area contributed by atoms with Crippen LogP contribution in [0.2, 0.25) is 0 Å². The maximum absolute atomic E-state index is 13.0. The Kier molecular flexibility index (Phi) is 5.72. The molecule has 2 heterocycles. The van der Waals surface area contributed by atoms with Gasteiger partial charge in [0.25, 0.3) is 0 Å². The average Bonchev–Trinajstić information content (AvgIpc) is 3.30. The van der Waals surface area contributed by atoms with Crippen molar-refractivity contribution in [2.45, 2.75) is 70.5 Å². The van der Waals surface area contributed by atoms with Crippen LogP contribution in [0.1, 0.15) is 63.4 Å². The fraction of sp³-hybridized carbons (Fsp3) is 0.486. The number of piperidine rings is 1. The summed E-state index contributed by atoms with van der Waals surface area (Å²) in [5.41, 5.74) is 7.21. The molecule has 0 radical (unpaired) electrons. The maximum atomic E-state index is 13.0. The van der Waals surface area contributed by atoms with E-state index in [4.69, 9.17) is 14.5 Å². The second-order valence-electron chi connectivity index (χ2n) is 13.2. The molecule has 0 N–H and O–H groups in total. The summed E-state index contributed by atoms with van der Waals surface area (Å²) in [6.45, 7) is 1.73. The molecule has 9 rings (SSSR count). The van der Waals surface area contributed by atoms with Gasteiger partial charge in [0.05, 0.1) is 5.70 Å². The Morgan fingerprint density at radius 3 is 2.38 bits per heavy atom. The predicted octanol–water partition coefficient (Wildman–Crippen LogP) is 7.49. The molecular weight excluding hydrogens is 496 g/mol. The molecule has 40 heavy (non-hydrogen) atoms. The molecule has 1 saturated heterocycles. The van der Waals surface area contributed by atoms with Gasteiger partial charge in [-0.3, -0.25) is 4.99 Å². The van der Waals surface area contributed by atoms with Gasteiger partial charge in [0.15, 0.2) is 0 Å². The zero-order valence-electron chi connectivity index (χ0n) is 23.2. The SMILES string of the molecule is O=C(OCc1ccccc1)N1CCC2(CC1)CC(Oc1ccccc1)C=C1N=C3CC(C45CC(C4)C5)CCC3=C12. The minimum absolute atomic E-state index is 0.0104. The van der Waals surface area contributed by atoms with Gasteiger partial charge in [0.1, 0.15) is 18.5 Å². The fourth-order valence-electron chi connectivity index (χ4n) is 8.79. The number of likely N-dealkylation sites (tertiary alicyclic amines) is 1. The van der Waals surface area contributed by atoms with Crippen molar-refractivity contribution in [1.29, 1.82) is 0 Å². The minimum Gasteiger partial charge on any atom is -0.486 e. The zero-order valence-corrected chi connectivity index (χ0v) is 23.2. The Morgan fingerprint density at radius 1 is 0.950 bits per heavy atom. The van der Waals surface area contributed by atoms with Crippen molar-refractivity contribution in [2.75, 3.05) is 13.1 Å². The van der Waals surface area contributed by atoms with Crippen LogP contribution in [0.4, 0.5) is 4.79 Å². The lowest BCUT2D eigenvalue weighted by atomic mass is 9.39. The summed E-state index contributed by atoms with van der Waals surface area (Å²) in [7, 11) is 0. The Hall–Kier alpha value is -3.34. The molecule has 206 valence electrons. The predicted molar refractivity (Wildman–Crippen MR) is 155 cm³/mol. The normalized spacial score (nSPS) is 31.3. The van der Waals surface area contributed by atoms with Crippen LogP contribution in [-0.4, -0.2) is 35.9 Å². The van der Waals surface area contributed by atoms with Gasteiger partial charge in [-0.15, -0.1) is 0 Å². The second-order valence-corrected chi connectivity index (χ2v) is 13.2. The monoisotopic (exact) mass is 534 g/mol. The first kappa shape index (κ1) is 24.5. The fourth-order valence-corrected chi connectivity index (χ4v) is 8.79. The topological polar surface area (TPSA) is 51.1 Å². The van der Waals surface area contributed by atoms with Crippen molar-refractivity contribution < 1.29 is 14.3 Å². The van der Waals surface area contributed by atoms with Crippen LogP contribution in [0.3, 0.4) is 0 Å². The van der Waals surface area contributed by atoms with Crippen molar-refractivity contribution in [1.82, 2.24) is 4.90 Å². The minimum atomic E-state index is -0.206. The van der Waals surface area contributed by atoms with E-state index in [-0.39, 0.29) is 17.6 Å². The Balaban J connectivity index is 1.03. The standard InChI is InChI=1S/C35H38N2O3/c38-33(39-23-24-7-3-1-4-8-24)37-15-13-34(14-16-37)22-28(40-27-9-5-2-6-10-27)18-31-32(34)29-12-11-26(17-30(29)36-31)35-19-25(20-35)21-35/h1-10,18,25-26,28H,11-17,19-23H2. The van der Waals surface area contributed by atoms with Gasteiger partial charge in [0.2, 0.25) is 0 Å². The number of hydrogen-bond acceptors (Lipinski definition) is 4. The molecule has 2 atom stereocenters. The van der Waals surface area contributed by atoms with Crippen LogP contribution >= 0.6 is 0 Å². The number of amides is 1. The molecule has 2 aliphatic heterocycles. The van der Waals surface area contributed by atoms with Gasteiger partial charge in [-0.05, 0) is 110 Å². The number of nitrogens with zero attached hydrogens (tertiary/aromatic N) is 2. The van der Waals surface area contributed by atoms with E-state index in [9.17, 15) is 4.79 Å². The van der Waals surface area contributed by atoms with Crippen molar-refractivity contribution in [3.63, 3.8) is 0 Å². The number of rotatable bonds is 5. The van der Waals surface area contributed by atoms with Crippen LogP contribution in [0, 0.1) is 22.7 Å². The molecule has 4 saturated carbocycles. The van der Waals surface area contributed by atoms with Crippen LogP contribution in [-0.2, 0) is 11.3 Å². The van der Waals surface area contributed by atoms with Gasteiger partial charge in [0, 0.05) is 24.2 Å². The van der Waals surface area contributed by atoms with Crippen LogP contribution < -0.4 is 4.74 Å². The summed E-state index contributed by atoms with van der Waals surface area (Å²) in [6.07, 6.45) is 12.9. The first-order valence-electron chi connectivity index (χ1n) is 15.3. The smallest absolute Gasteiger partial charge is 0.410 e. The highest BCUT2D eigenvalue weighted by Gasteiger charge is 2.61. The summed E-state index contributed by atoms with van der Waals surface area (Å²) < 4.78 is 12.2. The third kappa shape index (κ3) is 4.03. The molecule has 5 aliphatic carbocycles. The van der Waals surface area contributed by atoms with Crippen LogP contribution in [0.15, 0.2) is 88.6 Å². The number of ether oxygens (including phenoxy) is 2. The Bertz CT molecular complexity index is 1380. The lowest BCUT2D eigenvalue weighted by Crippen LogP contribution is -2.57. The van der Waals surface area contributed by atoms with Gasteiger partial charge >= 0.3 is 6.09 Å². The molecule has 5 heteroatoms. The van der Waals surface area contributed by atoms with E-state index in [1.54, 1.807) is 0 Å². The zero-order chi connectivity index (χ0) is 26.7. The first-order valence-corrected chi connectivity index (χ1v) is 15.3. The molecule has 7 aliphatic rings. The first-order chi connectivity index (χ1) is 19.6. The molecule has 2 bridgehead atoms. The van der Waals surface area contributed by atoms with Gasteiger partial charge in [-0.1, -0.05) is 48.5 Å². The second kappa shape index (κ2) is 9.36. The van der Waals surface area contributed by atoms with Crippen molar-refractivity contribution >= 4 is 11.8 Å². The summed E-state index contributed by atoms with van der Waals surface area (Å²) >= 11 is 0. The number of para-hydroxylation sites is 1. The molecule has 5 nitrogen and oxygen atoms in total. The van der Waals surface area contributed by atoms with Crippen molar-refractivity contribution in [3.8, 4) is 5.75 Å². The average molecular weight is 535 g/mol. The molecule has 2 aromatic carbocycles. The van der Waals surface area contributed by atoms with E-state index in [2.05, 4.69) is 6.08 Å². The number of carbonyl (C=O) groups excluding carboxylic acids is 1. The van der Waals surface area contributed by atoms with E-state index < -0.39 is 0 Å². The molecule has 2 aromatic rings. The Labute approximate surface area is 237 Å². The van der Waals surface area contributed by atoms with E-state index in [0.717, 1.165) is 60.9 Å². The highest BCUT2D eigenvalue weighted by atomic mass is 16.6. The number of aliphatic imine (C=N–C) groups is 1. The lowest BCUT2D eigenvalue weighted by Gasteiger charge is -2.66. The van der Waals surface area contributed by atoms with Crippen molar-refractivity contribution in [3.05, 3.63) is 89.1 Å². The number of benzene rings is 2. The van der Waals surface area contributed by atoms with E-state index >= 15 is 0 Å². The third-order valence-electron chi connectivity index (χ3n) is 11.0. The quantitative estimate of drug-likeness (QED) is 0.399. The Morgan fingerprint density at radius 2 is 1.68 bits per heavy atom. The van der Waals surface area contributed by atoms with Crippen molar-refractivity contribution in [2.24, 2.45) is 27.7 Å². The maximum Gasteiger partial charge on any atom is 0.410 e. The number of carbonyl (C=O) groups is 1. The van der Waals surface area contributed by atoms with Gasteiger partial charge < -0.3 is 14.4 Å². The lowest BCUT2D eigenvalue weighted by molar-refractivity contribution is -0.152. The highest BCUT2D eigenvalue weighted by molar-refractivity contribution is 6.06. The van der Waals surface area contributed by atoms with E-state index in [0.29, 0.717) is 25.1 Å².